The zero-order valence-corrected chi connectivity index (χ0v) is 17.0. The number of likely N-dealkylation sites (tertiary alicyclic amines) is 3. The molecule has 0 aromatic rings. The maximum atomic E-state index is 4.61. The van der Waals surface area contributed by atoms with Gasteiger partial charge in [-0.2, -0.15) is 0 Å². The highest BCUT2D eigenvalue weighted by molar-refractivity contribution is 5.80. The van der Waals surface area contributed by atoms with E-state index in [0.717, 1.165) is 25.6 Å². The molecule has 0 radical (unpaired) electrons. The smallest absolute Gasteiger partial charge is 0.193 e. The van der Waals surface area contributed by atoms with Gasteiger partial charge in [0.15, 0.2) is 5.96 Å². The molecular formula is C20H39N5. The first-order valence-corrected chi connectivity index (χ1v) is 10.3. The van der Waals surface area contributed by atoms with Gasteiger partial charge in [-0.05, 0) is 70.7 Å². The molecule has 3 saturated heterocycles. The average molecular weight is 350 g/mol. The summed E-state index contributed by atoms with van der Waals surface area (Å²) in [6, 6.07) is 0. The van der Waals surface area contributed by atoms with Crippen LogP contribution in [0, 0.1) is 5.41 Å². The highest BCUT2D eigenvalue weighted by atomic mass is 15.3. The maximum absolute atomic E-state index is 4.61. The van der Waals surface area contributed by atoms with Gasteiger partial charge in [-0.3, -0.25) is 9.89 Å². The third-order valence-electron chi connectivity index (χ3n) is 6.71. The fourth-order valence-electron chi connectivity index (χ4n) is 4.88. The van der Waals surface area contributed by atoms with Crippen LogP contribution in [0.2, 0.25) is 0 Å². The van der Waals surface area contributed by atoms with Crippen molar-refractivity contribution in [1.82, 2.24) is 20.0 Å². The van der Waals surface area contributed by atoms with Gasteiger partial charge in [-0.25, -0.2) is 0 Å². The van der Waals surface area contributed by atoms with E-state index in [0.29, 0.717) is 11.0 Å². The summed E-state index contributed by atoms with van der Waals surface area (Å²) in [5.74, 6) is 1.11. The number of aliphatic imine (C=N–C) groups is 1. The van der Waals surface area contributed by atoms with Crippen LogP contribution in [0.5, 0.6) is 0 Å². The van der Waals surface area contributed by atoms with E-state index in [2.05, 4.69) is 45.9 Å². The Bertz CT molecular complexity index is 459. The molecule has 3 rings (SSSR count). The van der Waals surface area contributed by atoms with Crippen LogP contribution in [0.3, 0.4) is 0 Å². The van der Waals surface area contributed by atoms with Gasteiger partial charge in [0, 0.05) is 32.2 Å². The molecule has 0 unspecified atom stereocenters. The summed E-state index contributed by atoms with van der Waals surface area (Å²) in [5, 5.41) is 3.79. The zero-order chi connectivity index (χ0) is 17.9. The molecule has 0 bridgehead atoms. The van der Waals surface area contributed by atoms with Gasteiger partial charge in [0.2, 0.25) is 0 Å². The molecule has 25 heavy (non-hydrogen) atoms. The Morgan fingerprint density at radius 2 is 1.64 bits per heavy atom. The summed E-state index contributed by atoms with van der Waals surface area (Å²) in [7, 11) is 4.20. The molecule has 3 heterocycles. The summed E-state index contributed by atoms with van der Waals surface area (Å²) in [5.41, 5.74) is 0.730. The minimum absolute atomic E-state index is 0.318. The molecule has 0 aromatic carbocycles. The molecule has 0 aliphatic carbocycles. The van der Waals surface area contributed by atoms with E-state index in [1.807, 2.05) is 7.05 Å². The van der Waals surface area contributed by atoms with Crippen LogP contribution >= 0.6 is 0 Å². The second-order valence-corrected chi connectivity index (χ2v) is 9.31. The molecule has 0 amide bonds. The normalized spacial score (nSPS) is 28.3. The largest absolute Gasteiger partial charge is 0.354 e. The van der Waals surface area contributed by atoms with Crippen molar-refractivity contribution in [3.63, 3.8) is 0 Å². The van der Waals surface area contributed by atoms with Crippen molar-refractivity contribution in [3.8, 4) is 0 Å². The number of piperidine rings is 2. The molecule has 144 valence electrons. The number of hydrogen-bond acceptors (Lipinski definition) is 3. The Kier molecular flexibility index (Phi) is 5.94. The fourth-order valence-corrected chi connectivity index (χ4v) is 4.88. The lowest BCUT2D eigenvalue weighted by molar-refractivity contribution is 0.0170. The number of nitrogens with one attached hydrogen (secondary N) is 1. The number of hydrogen-bond donors (Lipinski definition) is 1. The molecule has 0 aromatic heterocycles. The van der Waals surface area contributed by atoms with Crippen molar-refractivity contribution in [2.45, 2.75) is 57.9 Å². The fraction of sp³-hybridized carbons (Fsp3) is 0.950. The minimum Gasteiger partial charge on any atom is -0.354 e. The lowest BCUT2D eigenvalue weighted by Crippen LogP contribution is -2.62. The summed E-state index contributed by atoms with van der Waals surface area (Å²) >= 11 is 0. The summed E-state index contributed by atoms with van der Waals surface area (Å²) in [6.07, 6.45) is 7.96. The van der Waals surface area contributed by atoms with Gasteiger partial charge < -0.3 is 15.1 Å². The first-order chi connectivity index (χ1) is 11.9. The van der Waals surface area contributed by atoms with Gasteiger partial charge in [-0.1, -0.05) is 20.3 Å². The Labute approximate surface area is 154 Å². The Hall–Kier alpha value is -0.810. The Morgan fingerprint density at radius 1 is 0.960 bits per heavy atom. The van der Waals surface area contributed by atoms with Crippen LogP contribution in [0.15, 0.2) is 4.99 Å². The van der Waals surface area contributed by atoms with Crippen LogP contribution in [-0.2, 0) is 0 Å². The number of guanidine groups is 1. The minimum atomic E-state index is 0.318. The zero-order valence-electron chi connectivity index (χ0n) is 17.0. The van der Waals surface area contributed by atoms with Crippen molar-refractivity contribution in [2.75, 3.05) is 59.9 Å². The van der Waals surface area contributed by atoms with Gasteiger partial charge in [-0.15, -0.1) is 0 Å². The lowest BCUT2D eigenvalue weighted by atomic mass is 9.84. The van der Waals surface area contributed by atoms with E-state index in [-0.39, 0.29) is 0 Å². The molecule has 0 spiro atoms. The number of rotatable bonds is 3. The first kappa shape index (κ1) is 19.0. The molecule has 3 aliphatic heterocycles. The van der Waals surface area contributed by atoms with Crippen molar-refractivity contribution in [1.29, 1.82) is 0 Å². The second-order valence-electron chi connectivity index (χ2n) is 9.31. The first-order valence-electron chi connectivity index (χ1n) is 10.3. The van der Waals surface area contributed by atoms with Gasteiger partial charge in [0.05, 0.1) is 0 Å². The second kappa shape index (κ2) is 7.83. The van der Waals surface area contributed by atoms with E-state index in [4.69, 9.17) is 0 Å². The van der Waals surface area contributed by atoms with Crippen LogP contribution in [0.4, 0.5) is 0 Å². The van der Waals surface area contributed by atoms with Crippen molar-refractivity contribution < 1.29 is 0 Å². The van der Waals surface area contributed by atoms with Crippen molar-refractivity contribution >= 4 is 5.96 Å². The van der Waals surface area contributed by atoms with Crippen LogP contribution in [0.1, 0.15) is 52.4 Å². The highest BCUT2D eigenvalue weighted by Gasteiger charge is 2.40. The van der Waals surface area contributed by atoms with Gasteiger partial charge in [0.25, 0.3) is 0 Å². The van der Waals surface area contributed by atoms with E-state index in [1.54, 1.807) is 0 Å². The van der Waals surface area contributed by atoms with Crippen LogP contribution in [-0.4, -0.2) is 86.1 Å². The maximum Gasteiger partial charge on any atom is 0.193 e. The third-order valence-corrected chi connectivity index (χ3v) is 6.71. The van der Waals surface area contributed by atoms with Crippen molar-refractivity contribution in [2.24, 2.45) is 10.4 Å². The lowest BCUT2D eigenvalue weighted by Gasteiger charge is -2.50. The van der Waals surface area contributed by atoms with E-state index < -0.39 is 0 Å². The third kappa shape index (κ3) is 4.48. The van der Waals surface area contributed by atoms with E-state index in [1.165, 1.54) is 64.7 Å². The molecule has 0 saturated carbocycles. The highest BCUT2D eigenvalue weighted by Crippen LogP contribution is 2.32. The molecule has 3 aliphatic rings. The SMILES string of the molecule is CN=C(NCC1(N2CCCCC2)CCN(C)CC1)N1CCC(C)(C)C1. The topological polar surface area (TPSA) is 34.1 Å². The molecule has 3 fully saturated rings. The summed E-state index contributed by atoms with van der Waals surface area (Å²) in [6.45, 7) is 13.0. The predicted octanol–water partition coefficient (Wildman–Crippen LogP) is 2.24. The molecule has 5 nitrogen and oxygen atoms in total. The van der Waals surface area contributed by atoms with Gasteiger partial charge in [0.1, 0.15) is 0 Å². The summed E-state index contributed by atoms with van der Waals surface area (Å²) in [4.78, 5) is 12.4. The van der Waals surface area contributed by atoms with Gasteiger partial charge >= 0.3 is 0 Å². The Morgan fingerprint density at radius 3 is 2.20 bits per heavy atom. The molecule has 5 heteroatoms. The molecule has 0 atom stereocenters. The Balaban J connectivity index is 1.65. The predicted molar refractivity (Wildman–Crippen MR) is 106 cm³/mol. The molecular weight excluding hydrogens is 310 g/mol. The average Bonchev–Trinajstić information content (AvgIpc) is 2.98. The quantitative estimate of drug-likeness (QED) is 0.626. The van der Waals surface area contributed by atoms with Crippen LogP contribution in [0.25, 0.3) is 0 Å². The van der Waals surface area contributed by atoms with E-state index in [9.17, 15) is 0 Å². The van der Waals surface area contributed by atoms with Crippen molar-refractivity contribution in [3.05, 3.63) is 0 Å². The van der Waals surface area contributed by atoms with E-state index >= 15 is 0 Å². The number of nitrogens with zero attached hydrogens (tertiary/aromatic N) is 4. The summed E-state index contributed by atoms with van der Waals surface area (Å²) < 4.78 is 0. The standard InChI is InChI=1S/C20H39N5/c1-19(2)8-15-24(17-19)18(21-3)22-16-20(9-13-23(4)14-10-20)25-11-6-5-7-12-25/h5-17H2,1-4H3,(H,21,22). The monoisotopic (exact) mass is 349 g/mol. The van der Waals surface area contributed by atoms with Crippen LogP contribution < -0.4 is 5.32 Å². The molecule has 1 N–H and O–H groups in total.